The van der Waals surface area contributed by atoms with E-state index in [-0.39, 0.29) is 12.1 Å². The first-order valence-corrected chi connectivity index (χ1v) is 6.76. The zero-order chi connectivity index (χ0) is 13.4. The zero-order valence-electron chi connectivity index (χ0n) is 11.4. The van der Waals surface area contributed by atoms with E-state index in [0.717, 1.165) is 12.2 Å². The average molecular weight is 253 g/mol. The van der Waals surface area contributed by atoms with Gasteiger partial charge in [0.15, 0.2) is 0 Å². The summed E-state index contributed by atoms with van der Waals surface area (Å²) in [6.45, 7) is 4.10. The van der Waals surface area contributed by atoms with Gasteiger partial charge in [0.2, 0.25) is 0 Å². The topological polar surface area (TPSA) is 35.2 Å². The zero-order valence-corrected chi connectivity index (χ0v) is 11.4. The minimum absolute atomic E-state index is 0.0540. The number of rotatable bonds is 2. The number of hydrogen-bond donors (Lipinski definition) is 1. The quantitative estimate of drug-likeness (QED) is 0.891. The van der Waals surface area contributed by atoms with Gasteiger partial charge >= 0.3 is 0 Å². The summed E-state index contributed by atoms with van der Waals surface area (Å²) in [5, 5.41) is 0. The average Bonchev–Trinajstić information content (AvgIpc) is 2.83. The lowest BCUT2D eigenvalue weighted by molar-refractivity contribution is 0.207. The number of aryl methyl sites for hydroxylation is 1. The molecule has 2 unspecified atom stereocenters. The van der Waals surface area contributed by atoms with Gasteiger partial charge in [-0.2, -0.15) is 0 Å². The highest BCUT2D eigenvalue weighted by molar-refractivity contribution is 5.73. The van der Waals surface area contributed by atoms with E-state index in [1.165, 1.54) is 22.3 Å². The van der Waals surface area contributed by atoms with Crippen molar-refractivity contribution in [1.82, 2.24) is 0 Å². The highest BCUT2D eigenvalue weighted by atomic mass is 16.5. The van der Waals surface area contributed by atoms with Crippen LogP contribution in [0.1, 0.15) is 18.1 Å². The Hall–Kier alpha value is -1.80. The molecule has 0 radical (unpaired) electrons. The normalized spacial score (nSPS) is 18.8. The SMILES string of the molecule is Cc1ccc(-c2cccc3c2OC(C(C)N)C3)cc1. The molecule has 0 aliphatic carbocycles. The van der Waals surface area contributed by atoms with E-state index in [4.69, 9.17) is 10.5 Å². The maximum Gasteiger partial charge on any atom is 0.130 e. The summed E-state index contributed by atoms with van der Waals surface area (Å²) in [6.07, 6.45) is 1.01. The van der Waals surface area contributed by atoms with Crippen molar-refractivity contribution in [3.05, 3.63) is 53.6 Å². The van der Waals surface area contributed by atoms with Gasteiger partial charge in [-0.15, -0.1) is 0 Å². The number of benzene rings is 2. The van der Waals surface area contributed by atoms with Crippen molar-refractivity contribution in [3.63, 3.8) is 0 Å². The molecule has 0 saturated carbocycles. The molecule has 2 atom stereocenters. The maximum atomic E-state index is 6.06. The van der Waals surface area contributed by atoms with E-state index in [2.05, 4.69) is 49.4 Å². The van der Waals surface area contributed by atoms with Gasteiger partial charge in [-0.05, 0) is 25.0 Å². The van der Waals surface area contributed by atoms with Crippen molar-refractivity contribution in [3.8, 4) is 16.9 Å². The van der Waals surface area contributed by atoms with Gasteiger partial charge in [-0.1, -0.05) is 48.0 Å². The summed E-state index contributed by atoms with van der Waals surface area (Å²) in [4.78, 5) is 0. The summed E-state index contributed by atoms with van der Waals surface area (Å²) in [6, 6.07) is 15.0. The van der Waals surface area contributed by atoms with Crippen LogP contribution in [0.3, 0.4) is 0 Å². The Morgan fingerprint density at radius 1 is 1.16 bits per heavy atom. The molecule has 0 spiro atoms. The lowest BCUT2D eigenvalue weighted by Gasteiger charge is -2.15. The standard InChI is InChI=1S/C17H19NO/c1-11-6-8-13(9-7-11)15-5-3-4-14-10-16(12(2)18)19-17(14)15/h3-9,12,16H,10,18H2,1-2H3. The Kier molecular flexibility index (Phi) is 3.03. The van der Waals surface area contributed by atoms with Crippen molar-refractivity contribution in [2.75, 3.05) is 0 Å². The second-order valence-corrected chi connectivity index (χ2v) is 5.38. The van der Waals surface area contributed by atoms with Crippen LogP contribution >= 0.6 is 0 Å². The number of fused-ring (bicyclic) bond motifs is 1. The van der Waals surface area contributed by atoms with Crippen LogP contribution in [-0.2, 0) is 6.42 Å². The predicted molar refractivity (Wildman–Crippen MR) is 78.4 cm³/mol. The molecule has 19 heavy (non-hydrogen) atoms. The van der Waals surface area contributed by atoms with Crippen LogP contribution in [0.2, 0.25) is 0 Å². The fourth-order valence-electron chi connectivity index (χ4n) is 2.55. The molecule has 2 aromatic carbocycles. The van der Waals surface area contributed by atoms with Crippen molar-refractivity contribution in [2.24, 2.45) is 5.73 Å². The minimum Gasteiger partial charge on any atom is -0.488 e. The third-order valence-electron chi connectivity index (χ3n) is 3.74. The summed E-state index contributed by atoms with van der Waals surface area (Å²) in [5.74, 6) is 1.01. The van der Waals surface area contributed by atoms with Gasteiger partial charge in [-0.3, -0.25) is 0 Å². The monoisotopic (exact) mass is 253 g/mol. The first-order chi connectivity index (χ1) is 9.15. The van der Waals surface area contributed by atoms with Crippen molar-refractivity contribution < 1.29 is 4.74 Å². The molecule has 3 rings (SSSR count). The third kappa shape index (κ3) is 2.24. The van der Waals surface area contributed by atoms with Gasteiger partial charge in [0.05, 0.1) is 0 Å². The molecule has 0 fully saturated rings. The van der Waals surface area contributed by atoms with Crippen molar-refractivity contribution in [1.29, 1.82) is 0 Å². The molecule has 2 nitrogen and oxygen atoms in total. The van der Waals surface area contributed by atoms with Crippen molar-refractivity contribution >= 4 is 0 Å². The smallest absolute Gasteiger partial charge is 0.130 e. The summed E-state index contributed by atoms with van der Waals surface area (Å²) >= 11 is 0. The molecule has 0 saturated heterocycles. The molecular weight excluding hydrogens is 234 g/mol. The summed E-state index contributed by atoms with van der Waals surface area (Å²) in [5.41, 5.74) is 10.9. The molecule has 98 valence electrons. The van der Waals surface area contributed by atoms with Gasteiger partial charge in [0.1, 0.15) is 11.9 Å². The second-order valence-electron chi connectivity index (χ2n) is 5.38. The Morgan fingerprint density at radius 2 is 1.89 bits per heavy atom. The highest BCUT2D eigenvalue weighted by Gasteiger charge is 2.27. The Morgan fingerprint density at radius 3 is 2.58 bits per heavy atom. The third-order valence-corrected chi connectivity index (χ3v) is 3.74. The second kappa shape index (κ2) is 4.71. The van der Waals surface area contributed by atoms with E-state index in [0.29, 0.717) is 0 Å². The van der Waals surface area contributed by atoms with Crippen LogP contribution in [0, 0.1) is 6.92 Å². The lowest BCUT2D eigenvalue weighted by Crippen LogP contribution is -2.34. The van der Waals surface area contributed by atoms with Crippen LogP contribution in [0.25, 0.3) is 11.1 Å². The Labute approximate surface area is 114 Å². The molecule has 2 aromatic rings. The molecule has 0 amide bonds. The van der Waals surface area contributed by atoms with Crippen LogP contribution in [0.5, 0.6) is 5.75 Å². The number of para-hydroxylation sites is 1. The molecule has 1 heterocycles. The Balaban J connectivity index is 2.02. The molecular formula is C17H19NO. The largest absolute Gasteiger partial charge is 0.488 e. The van der Waals surface area contributed by atoms with Gasteiger partial charge in [0.25, 0.3) is 0 Å². The van der Waals surface area contributed by atoms with E-state index in [1.54, 1.807) is 0 Å². The molecule has 0 aromatic heterocycles. The van der Waals surface area contributed by atoms with Crippen LogP contribution in [0.4, 0.5) is 0 Å². The summed E-state index contributed by atoms with van der Waals surface area (Å²) < 4.78 is 6.06. The van der Waals surface area contributed by atoms with Crippen LogP contribution in [0.15, 0.2) is 42.5 Å². The highest BCUT2D eigenvalue weighted by Crippen LogP contribution is 2.39. The first kappa shape index (κ1) is 12.2. The predicted octanol–water partition coefficient (Wildman–Crippen LogP) is 3.31. The molecule has 2 N–H and O–H groups in total. The number of hydrogen-bond acceptors (Lipinski definition) is 2. The first-order valence-electron chi connectivity index (χ1n) is 6.76. The van der Waals surface area contributed by atoms with E-state index < -0.39 is 0 Å². The van der Waals surface area contributed by atoms with Gasteiger partial charge in [0, 0.05) is 18.0 Å². The van der Waals surface area contributed by atoms with Crippen LogP contribution < -0.4 is 10.5 Å². The van der Waals surface area contributed by atoms with Gasteiger partial charge in [-0.25, -0.2) is 0 Å². The fraction of sp³-hybridized carbons (Fsp3) is 0.294. The van der Waals surface area contributed by atoms with Gasteiger partial charge < -0.3 is 10.5 Å². The van der Waals surface area contributed by atoms with E-state index >= 15 is 0 Å². The van der Waals surface area contributed by atoms with Crippen molar-refractivity contribution in [2.45, 2.75) is 32.4 Å². The van der Waals surface area contributed by atoms with E-state index in [1.807, 2.05) is 6.92 Å². The molecule has 1 aliphatic rings. The number of nitrogens with two attached hydrogens (primary N) is 1. The molecule has 2 heteroatoms. The maximum absolute atomic E-state index is 6.06. The number of ether oxygens (including phenoxy) is 1. The Bertz CT molecular complexity index is 587. The minimum atomic E-state index is 0.0540. The lowest BCUT2D eigenvalue weighted by atomic mass is 9.99. The molecule has 1 aliphatic heterocycles. The fourth-order valence-corrected chi connectivity index (χ4v) is 2.55. The van der Waals surface area contributed by atoms with E-state index in [9.17, 15) is 0 Å². The molecule has 0 bridgehead atoms. The summed E-state index contributed by atoms with van der Waals surface area (Å²) in [7, 11) is 0. The van der Waals surface area contributed by atoms with Crippen LogP contribution in [-0.4, -0.2) is 12.1 Å².